The first-order valence-corrected chi connectivity index (χ1v) is 8.03. The van der Waals surface area contributed by atoms with Crippen molar-refractivity contribution >= 4 is 16.0 Å². The van der Waals surface area contributed by atoms with Crippen molar-refractivity contribution in [1.82, 2.24) is 0 Å². The van der Waals surface area contributed by atoms with E-state index in [1.807, 2.05) is 13.8 Å². The maximum Gasteiger partial charge on any atom is 0.265 e. The summed E-state index contributed by atoms with van der Waals surface area (Å²) >= 11 is 0. The van der Waals surface area contributed by atoms with Crippen molar-refractivity contribution in [2.75, 3.05) is 31.9 Å². The zero-order valence-corrected chi connectivity index (χ0v) is 12.7. The smallest absolute Gasteiger partial charge is 0.265 e. The normalized spacial score (nSPS) is 13.6. The van der Waals surface area contributed by atoms with E-state index in [0.717, 1.165) is 13.1 Å². The maximum absolute atomic E-state index is 11.0. The quantitative estimate of drug-likeness (QED) is 0.368. The van der Waals surface area contributed by atoms with Crippen molar-refractivity contribution < 1.29 is 22.2 Å². The van der Waals surface area contributed by atoms with Crippen LogP contribution in [0.15, 0.2) is 11.6 Å². The second-order valence-corrected chi connectivity index (χ2v) is 6.34. The Morgan fingerprint density at radius 2 is 1.84 bits per heavy atom. The third kappa shape index (κ3) is 7.29. The molecule has 0 fully saturated rings. The Labute approximate surface area is 115 Å². The molecule has 0 heterocycles. The fourth-order valence-electron chi connectivity index (χ4n) is 1.90. The van der Waals surface area contributed by atoms with Gasteiger partial charge in [-0.3, -0.25) is 9.35 Å². The summed E-state index contributed by atoms with van der Waals surface area (Å²) in [4.78, 5) is 11.0. The van der Waals surface area contributed by atoms with E-state index in [4.69, 9.17) is 10.3 Å². The van der Waals surface area contributed by atoms with E-state index in [0.29, 0.717) is 29.6 Å². The molecule has 0 aliphatic heterocycles. The average Bonchev–Trinajstić information content (AvgIpc) is 2.31. The van der Waals surface area contributed by atoms with Crippen LogP contribution in [-0.2, 0) is 14.9 Å². The molecule has 7 heteroatoms. The molecule has 0 spiro atoms. The highest BCUT2D eigenvalue weighted by atomic mass is 32.2. The largest absolute Gasteiger partial charge is 0.366 e. The lowest BCUT2D eigenvalue weighted by molar-refractivity contribution is -0.919. The molecule has 0 radical (unpaired) electrons. The minimum Gasteiger partial charge on any atom is -0.366 e. The van der Waals surface area contributed by atoms with Crippen LogP contribution in [0.3, 0.4) is 0 Å². The zero-order valence-electron chi connectivity index (χ0n) is 11.9. The Morgan fingerprint density at radius 1 is 1.32 bits per heavy atom. The Kier molecular flexibility index (Phi) is 7.25. The molecule has 0 aliphatic carbocycles. The van der Waals surface area contributed by atoms with Gasteiger partial charge in [-0.1, -0.05) is 0 Å². The van der Waals surface area contributed by atoms with Gasteiger partial charge in [0.1, 0.15) is 0 Å². The van der Waals surface area contributed by atoms with Crippen LogP contribution in [-0.4, -0.2) is 55.3 Å². The Hall–Kier alpha value is -0.920. The van der Waals surface area contributed by atoms with Gasteiger partial charge in [-0.2, -0.15) is 8.42 Å². The predicted molar refractivity (Wildman–Crippen MR) is 75.1 cm³/mol. The average molecular weight is 293 g/mol. The predicted octanol–water partition coefficient (Wildman–Crippen LogP) is 0.553. The number of hydrogen-bond acceptors (Lipinski definition) is 3. The molecule has 19 heavy (non-hydrogen) atoms. The van der Waals surface area contributed by atoms with Gasteiger partial charge in [0.25, 0.3) is 10.1 Å². The monoisotopic (exact) mass is 293 g/mol. The fourth-order valence-corrected chi connectivity index (χ4v) is 2.40. The molecule has 6 nitrogen and oxygen atoms in total. The first-order chi connectivity index (χ1) is 8.66. The van der Waals surface area contributed by atoms with Crippen molar-refractivity contribution in [1.29, 1.82) is 0 Å². The van der Waals surface area contributed by atoms with E-state index >= 15 is 0 Å². The van der Waals surface area contributed by atoms with Gasteiger partial charge in [0.2, 0.25) is 5.91 Å². The van der Waals surface area contributed by atoms with E-state index in [9.17, 15) is 13.2 Å². The molecule has 0 aromatic rings. The van der Waals surface area contributed by atoms with Gasteiger partial charge in [0.15, 0.2) is 0 Å². The lowest BCUT2D eigenvalue weighted by Gasteiger charge is -2.36. The van der Waals surface area contributed by atoms with E-state index in [1.165, 1.54) is 0 Å². The molecule has 1 amide bonds. The van der Waals surface area contributed by atoms with E-state index in [1.54, 1.807) is 13.0 Å². The fraction of sp³-hybridized carbons (Fsp3) is 0.750. The lowest BCUT2D eigenvalue weighted by atomic mass is 10.2. The number of amides is 1. The maximum atomic E-state index is 11.0. The van der Waals surface area contributed by atoms with Crippen molar-refractivity contribution in [2.45, 2.75) is 27.2 Å². The number of quaternary nitrogens is 1. The zero-order chi connectivity index (χ0) is 15.1. The number of nitrogens with two attached hydrogens (primary N) is 1. The number of hydrogen-bond donors (Lipinski definition) is 2. The molecule has 0 atom stereocenters. The van der Waals surface area contributed by atoms with Crippen LogP contribution in [0.5, 0.6) is 0 Å². The minimum atomic E-state index is -3.91. The van der Waals surface area contributed by atoms with Crippen LogP contribution in [0.1, 0.15) is 27.2 Å². The van der Waals surface area contributed by atoms with Gasteiger partial charge in [-0.25, -0.2) is 0 Å². The molecule has 0 aromatic carbocycles. The van der Waals surface area contributed by atoms with Crippen LogP contribution in [0.25, 0.3) is 0 Å². The van der Waals surface area contributed by atoms with Crippen molar-refractivity contribution in [3.05, 3.63) is 11.6 Å². The number of primary amides is 1. The molecule has 0 rings (SSSR count). The van der Waals surface area contributed by atoms with Crippen LogP contribution < -0.4 is 5.73 Å². The second-order valence-electron chi connectivity index (χ2n) is 4.77. The molecule has 0 aliphatic rings. The molecule has 0 saturated carbocycles. The van der Waals surface area contributed by atoms with Crippen LogP contribution >= 0.6 is 0 Å². The third-order valence-electron chi connectivity index (χ3n) is 3.55. The summed E-state index contributed by atoms with van der Waals surface area (Å²) < 4.78 is 30.9. The van der Waals surface area contributed by atoms with Gasteiger partial charge in [-0.15, -0.1) is 0 Å². The summed E-state index contributed by atoms with van der Waals surface area (Å²) in [7, 11) is -3.91. The highest BCUT2D eigenvalue weighted by molar-refractivity contribution is 7.85. The number of nitrogens with zero attached hydrogens (tertiary/aromatic N) is 1. The van der Waals surface area contributed by atoms with Crippen LogP contribution in [0, 0.1) is 0 Å². The first-order valence-electron chi connectivity index (χ1n) is 6.42. The van der Waals surface area contributed by atoms with E-state index < -0.39 is 16.0 Å². The minimum absolute atomic E-state index is 0.231. The van der Waals surface area contributed by atoms with Crippen LogP contribution in [0.4, 0.5) is 0 Å². The van der Waals surface area contributed by atoms with Crippen molar-refractivity contribution in [3.63, 3.8) is 0 Å². The molecular weight excluding hydrogens is 268 g/mol. The number of rotatable bonds is 9. The molecule has 112 valence electrons. The van der Waals surface area contributed by atoms with Crippen LogP contribution in [0.2, 0.25) is 0 Å². The van der Waals surface area contributed by atoms with Gasteiger partial charge in [0, 0.05) is 12.0 Å². The van der Waals surface area contributed by atoms with Gasteiger partial charge >= 0.3 is 0 Å². The summed E-state index contributed by atoms with van der Waals surface area (Å²) in [6.07, 6.45) is 2.19. The number of carbonyl (C=O) groups excluding carboxylic acids is 1. The van der Waals surface area contributed by atoms with Gasteiger partial charge < -0.3 is 10.2 Å². The highest BCUT2D eigenvalue weighted by Gasteiger charge is 2.22. The van der Waals surface area contributed by atoms with Crippen molar-refractivity contribution in [3.8, 4) is 0 Å². The highest BCUT2D eigenvalue weighted by Crippen LogP contribution is 2.10. The summed E-state index contributed by atoms with van der Waals surface area (Å²) in [5.41, 5.74) is 5.69. The molecular formula is C12H25N2O4S+. The van der Waals surface area contributed by atoms with E-state index in [-0.39, 0.29) is 5.75 Å². The third-order valence-corrected chi connectivity index (χ3v) is 4.35. The SMILES string of the molecule is CC[N+](CC)(CC=C(C)C(N)=O)CCCS(=O)(=O)O. The first kappa shape index (κ1) is 18.1. The topological polar surface area (TPSA) is 97.5 Å². The van der Waals surface area contributed by atoms with Crippen molar-refractivity contribution in [2.24, 2.45) is 5.73 Å². The Morgan fingerprint density at radius 3 is 2.21 bits per heavy atom. The standard InChI is InChI=1S/C12H24N2O4S/c1-4-14(5-2,8-6-10-19(16,17)18)9-7-11(3)12(13)15/h7H,4-6,8-10H2,1-3H3,(H2-,13,15,16,17,18)/p+1. The molecule has 3 N–H and O–H groups in total. The number of carbonyl (C=O) groups is 1. The molecule has 0 unspecified atom stereocenters. The lowest BCUT2D eigenvalue weighted by Crippen LogP contribution is -2.49. The summed E-state index contributed by atoms with van der Waals surface area (Å²) in [5.74, 6) is -0.672. The van der Waals surface area contributed by atoms with E-state index in [2.05, 4.69) is 0 Å². The number of likely N-dealkylation sites (N-methyl/N-ethyl adjacent to an activating group) is 1. The Balaban J connectivity index is 4.67. The summed E-state index contributed by atoms with van der Waals surface area (Å²) in [6, 6.07) is 0. The van der Waals surface area contributed by atoms with Gasteiger partial charge in [-0.05, 0) is 26.8 Å². The van der Waals surface area contributed by atoms with Gasteiger partial charge in [0.05, 0.1) is 31.9 Å². The molecule has 0 bridgehead atoms. The molecule has 0 saturated heterocycles. The summed E-state index contributed by atoms with van der Waals surface area (Å²) in [5, 5.41) is 0. The molecule has 0 aromatic heterocycles. The second kappa shape index (κ2) is 7.62. The summed E-state index contributed by atoms with van der Waals surface area (Å²) in [6.45, 7) is 8.62. The Bertz CT molecular complexity index is 425.